The molecule has 2 aromatic heterocycles. The number of aromatic nitrogens is 4. The zero-order valence-corrected chi connectivity index (χ0v) is 17.4. The van der Waals surface area contributed by atoms with Gasteiger partial charge in [-0.25, -0.2) is 14.6 Å². The standard InChI is InChI=1S/C22H27N5O2/c1-14-11-15(2)13-18(12-14)29-16(3)22(28)27-9-5-17(6-10-27)19-20-21(26(4)25-19)24-8-7-23-20/h7-8,11-13,16-17H,5-6,9-10H2,1-4H3. The molecule has 0 aliphatic carbocycles. The van der Waals surface area contributed by atoms with Crippen LogP contribution < -0.4 is 4.74 Å². The highest BCUT2D eigenvalue weighted by molar-refractivity contribution is 5.81. The van der Waals surface area contributed by atoms with Gasteiger partial charge in [-0.1, -0.05) is 6.07 Å². The molecule has 1 unspecified atom stereocenters. The van der Waals surface area contributed by atoms with Gasteiger partial charge in [0.25, 0.3) is 5.91 Å². The lowest BCUT2D eigenvalue weighted by Crippen LogP contribution is -2.44. The van der Waals surface area contributed by atoms with Crippen LogP contribution in [0.3, 0.4) is 0 Å². The minimum atomic E-state index is -0.505. The van der Waals surface area contributed by atoms with Crippen LogP contribution in [-0.4, -0.2) is 49.7 Å². The fraction of sp³-hybridized carbons (Fsp3) is 0.455. The Morgan fingerprint density at radius 3 is 2.45 bits per heavy atom. The summed E-state index contributed by atoms with van der Waals surface area (Å²) < 4.78 is 7.72. The number of benzene rings is 1. The quantitative estimate of drug-likeness (QED) is 0.681. The molecule has 1 aromatic carbocycles. The van der Waals surface area contributed by atoms with Crippen LogP contribution in [0.2, 0.25) is 0 Å². The predicted octanol–water partition coefficient (Wildman–Crippen LogP) is 3.15. The molecule has 0 N–H and O–H groups in total. The Labute approximate surface area is 170 Å². The molecule has 0 radical (unpaired) electrons. The Morgan fingerprint density at radius 2 is 1.76 bits per heavy atom. The van der Waals surface area contributed by atoms with Crippen LogP contribution in [-0.2, 0) is 11.8 Å². The Bertz CT molecular complexity index is 1020. The molecule has 1 atom stereocenters. The largest absolute Gasteiger partial charge is 0.481 e. The first-order valence-corrected chi connectivity index (χ1v) is 10.1. The van der Waals surface area contributed by atoms with Crippen molar-refractivity contribution < 1.29 is 9.53 Å². The lowest BCUT2D eigenvalue weighted by Gasteiger charge is -2.33. The average Bonchev–Trinajstić information content (AvgIpc) is 3.04. The Kier molecular flexibility index (Phi) is 5.22. The second-order valence-electron chi connectivity index (χ2n) is 7.92. The van der Waals surface area contributed by atoms with Crippen LogP contribution in [0.4, 0.5) is 0 Å². The van der Waals surface area contributed by atoms with E-state index in [4.69, 9.17) is 4.74 Å². The summed E-state index contributed by atoms with van der Waals surface area (Å²) in [6, 6.07) is 6.03. The molecule has 29 heavy (non-hydrogen) atoms. The van der Waals surface area contributed by atoms with Crippen molar-refractivity contribution in [2.24, 2.45) is 7.05 Å². The van der Waals surface area contributed by atoms with E-state index in [0.29, 0.717) is 13.1 Å². The molecule has 0 spiro atoms. The van der Waals surface area contributed by atoms with Crippen LogP contribution in [0.15, 0.2) is 30.6 Å². The molecule has 7 nitrogen and oxygen atoms in total. The van der Waals surface area contributed by atoms with E-state index in [1.54, 1.807) is 17.1 Å². The maximum atomic E-state index is 12.9. The average molecular weight is 393 g/mol. The normalized spacial score (nSPS) is 16.2. The minimum Gasteiger partial charge on any atom is -0.481 e. The second kappa shape index (κ2) is 7.81. The van der Waals surface area contributed by atoms with Gasteiger partial charge in [-0.2, -0.15) is 5.10 Å². The molecule has 3 aromatic rings. The van der Waals surface area contributed by atoms with E-state index in [1.807, 2.05) is 44.9 Å². The summed E-state index contributed by atoms with van der Waals surface area (Å²) in [5.41, 5.74) is 4.92. The van der Waals surface area contributed by atoms with Gasteiger partial charge >= 0.3 is 0 Å². The van der Waals surface area contributed by atoms with Gasteiger partial charge in [-0.15, -0.1) is 0 Å². The number of likely N-dealkylation sites (tertiary alicyclic amines) is 1. The first-order valence-electron chi connectivity index (χ1n) is 10.1. The number of fused-ring (bicyclic) bond motifs is 1. The van der Waals surface area contributed by atoms with E-state index in [1.165, 1.54) is 0 Å². The smallest absolute Gasteiger partial charge is 0.263 e. The van der Waals surface area contributed by atoms with Gasteiger partial charge in [0.05, 0.1) is 5.69 Å². The summed E-state index contributed by atoms with van der Waals surface area (Å²) in [5.74, 6) is 1.07. The molecule has 1 amide bonds. The molecule has 7 heteroatoms. The van der Waals surface area contributed by atoms with Crippen molar-refractivity contribution in [3.05, 3.63) is 47.4 Å². The third-order valence-corrected chi connectivity index (χ3v) is 5.53. The van der Waals surface area contributed by atoms with E-state index in [9.17, 15) is 4.79 Å². The summed E-state index contributed by atoms with van der Waals surface area (Å²) in [7, 11) is 1.89. The number of ether oxygens (including phenoxy) is 1. The lowest BCUT2D eigenvalue weighted by molar-refractivity contribution is -0.139. The van der Waals surface area contributed by atoms with Gasteiger partial charge in [-0.05, 0) is 56.9 Å². The Hall–Kier alpha value is -2.96. The Balaban J connectivity index is 1.40. The van der Waals surface area contributed by atoms with Gasteiger partial charge in [-0.3, -0.25) is 4.79 Å². The topological polar surface area (TPSA) is 73.1 Å². The number of carbonyl (C=O) groups is 1. The number of amides is 1. The van der Waals surface area contributed by atoms with Crippen molar-refractivity contribution in [1.29, 1.82) is 0 Å². The van der Waals surface area contributed by atoms with Gasteiger partial charge in [0.2, 0.25) is 0 Å². The molecule has 1 aliphatic rings. The number of hydrogen-bond acceptors (Lipinski definition) is 5. The number of hydrogen-bond donors (Lipinski definition) is 0. The summed E-state index contributed by atoms with van der Waals surface area (Å²) >= 11 is 0. The second-order valence-corrected chi connectivity index (χ2v) is 7.92. The molecule has 3 heterocycles. The summed E-state index contributed by atoms with van der Waals surface area (Å²) in [6.07, 6.45) is 4.62. The molecule has 1 fully saturated rings. The van der Waals surface area contributed by atoms with E-state index in [-0.39, 0.29) is 11.8 Å². The molecule has 0 saturated carbocycles. The Morgan fingerprint density at radius 1 is 1.10 bits per heavy atom. The van der Waals surface area contributed by atoms with Crippen LogP contribution in [0.5, 0.6) is 5.75 Å². The highest BCUT2D eigenvalue weighted by Crippen LogP contribution is 2.31. The predicted molar refractivity (Wildman–Crippen MR) is 111 cm³/mol. The van der Waals surface area contributed by atoms with Crippen molar-refractivity contribution >= 4 is 17.1 Å². The first-order chi connectivity index (χ1) is 13.9. The fourth-order valence-corrected chi connectivity index (χ4v) is 4.17. The fourth-order valence-electron chi connectivity index (χ4n) is 4.17. The van der Waals surface area contributed by atoms with Crippen molar-refractivity contribution in [1.82, 2.24) is 24.6 Å². The third kappa shape index (κ3) is 3.95. The molecular formula is C22H27N5O2. The van der Waals surface area contributed by atoms with E-state index in [2.05, 4.69) is 21.1 Å². The van der Waals surface area contributed by atoms with Crippen LogP contribution in [0.1, 0.15) is 42.5 Å². The number of carbonyl (C=O) groups excluding carboxylic acids is 1. The van der Waals surface area contributed by atoms with E-state index in [0.717, 1.165) is 46.6 Å². The van der Waals surface area contributed by atoms with Crippen molar-refractivity contribution in [2.45, 2.75) is 45.6 Å². The van der Waals surface area contributed by atoms with Gasteiger partial charge in [0.15, 0.2) is 11.8 Å². The molecule has 152 valence electrons. The van der Waals surface area contributed by atoms with Crippen molar-refractivity contribution in [3.63, 3.8) is 0 Å². The van der Waals surface area contributed by atoms with Gasteiger partial charge < -0.3 is 9.64 Å². The van der Waals surface area contributed by atoms with Crippen LogP contribution in [0.25, 0.3) is 11.2 Å². The molecule has 1 aliphatic heterocycles. The summed E-state index contributed by atoms with van der Waals surface area (Å²) in [4.78, 5) is 23.6. The van der Waals surface area contributed by atoms with Crippen molar-refractivity contribution in [3.8, 4) is 5.75 Å². The van der Waals surface area contributed by atoms with Gasteiger partial charge in [0, 0.05) is 38.4 Å². The van der Waals surface area contributed by atoms with E-state index < -0.39 is 6.10 Å². The molecule has 1 saturated heterocycles. The highest BCUT2D eigenvalue weighted by Gasteiger charge is 2.30. The minimum absolute atomic E-state index is 0.0354. The SMILES string of the molecule is Cc1cc(C)cc(OC(C)C(=O)N2CCC(c3nn(C)c4nccnc34)CC2)c1. The number of nitrogens with zero attached hydrogens (tertiary/aromatic N) is 5. The summed E-state index contributed by atoms with van der Waals surface area (Å²) in [6.45, 7) is 7.28. The van der Waals surface area contributed by atoms with Crippen LogP contribution >= 0.6 is 0 Å². The highest BCUT2D eigenvalue weighted by atomic mass is 16.5. The van der Waals surface area contributed by atoms with E-state index >= 15 is 0 Å². The zero-order chi connectivity index (χ0) is 20.5. The molecule has 4 rings (SSSR count). The third-order valence-electron chi connectivity index (χ3n) is 5.53. The lowest BCUT2D eigenvalue weighted by atomic mass is 9.93. The van der Waals surface area contributed by atoms with Crippen molar-refractivity contribution in [2.75, 3.05) is 13.1 Å². The zero-order valence-electron chi connectivity index (χ0n) is 17.4. The van der Waals surface area contributed by atoms with Gasteiger partial charge in [0.1, 0.15) is 11.3 Å². The summed E-state index contributed by atoms with van der Waals surface area (Å²) in [5, 5.41) is 4.65. The maximum Gasteiger partial charge on any atom is 0.263 e. The molecular weight excluding hydrogens is 366 g/mol. The number of rotatable bonds is 4. The number of aryl methyl sites for hydroxylation is 3. The molecule has 0 bridgehead atoms. The number of piperidine rings is 1. The first kappa shape index (κ1) is 19.4. The monoisotopic (exact) mass is 393 g/mol. The maximum absolute atomic E-state index is 12.9. The van der Waals surface area contributed by atoms with Crippen LogP contribution in [0, 0.1) is 13.8 Å².